The number of aliphatic hydroxyl groups excluding tert-OH is 1. The fraction of sp³-hybridized carbons (Fsp3) is 0.929. The number of hydrogen-bond acceptors (Lipinski definition) is 5. The van der Waals surface area contributed by atoms with Gasteiger partial charge in [-0.05, 0) is 76.7 Å². The van der Waals surface area contributed by atoms with Crippen LogP contribution in [0.3, 0.4) is 0 Å². The highest BCUT2D eigenvalue weighted by atomic mass is 19.1. The Bertz CT molecular complexity index is 880. The maximum atomic E-state index is 13.9. The molecule has 0 aromatic heterocycles. The van der Waals surface area contributed by atoms with Crippen molar-refractivity contribution in [2.45, 2.75) is 101 Å². The highest BCUT2D eigenvalue weighted by molar-refractivity contribution is 5.80. The Morgan fingerprint density at radius 2 is 1.81 bits per heavy atom. The van der Waals surface area contributed by atoms with E-state index in [9.17, 15) is 19.1 Å². The number of carbonyl (C=O) groups excluding carboxylic acids is 2. The Hall–Kier alpha value is -1.45. The number of methoxy groups -OCH3 is 1. The van der Waals surface area contributed by atoms with E-state index >= 15 is 0 Å². The zero-order valence-corrected chi connectivity index (χ0v) is 22.5. The average Bonchev–Trinajstić information content (AvgIpc) is 3.12. The average molecular weight is 521 g/mol. The summed E-state index contributed by atoms with van der Waals surface area (Å²) in [6.45, 7) is 1.86. The number of hydrogen-bond donors (Lipinski definition) is 2. The van der Waals surface area contributed by atoms with E-state index in [1.165, 1.54) is 0 Å². The minimum Gasteiger partial charge on any atom is -0.394 e. The van der Waals surface area contributed by atoms with Crippen LogP contribution in [0, 0.1) is 23.2 Å². The number of halogens is 1. The van der Waals surface area contributed by atoms with Crippen molar-refractivity contribution in [1.29, 1.82) is 0 Å². The Morgan fingerprint density at radius 1 is 1.05 bits per heavy atom. The third-order valence-electron chi connectivity index (χ3n) is 11.1. The molecule has 3 heterocycles. The Kier molecular flexibility index (Phi) is 6.93. The van der Waals surface area contributed by atoms with E-state index in [0.29, 0.717) is 50.4 Å². The van der Waals surface area contributed by atoms with Gasteiger partial charge in [-0.1, -0.05) is 6.42 Å². The van der Waals surface area contributed by atoms with Gasteiger partial charge in [0, 0.05) is 56.2 Å². The Labute approximate surface area is 220 Å². The van der Waals surface area contributed by atoms with Gasteiger partial charge < -0.3 is 25.0 Å². The maximum Gasteiger partial charge on any atom is 0.317 e. The zero-order chi connectivity index (χ0) is 25.9. The molecule has 9 heteroatoms. The second-order valence-corrected chi connectivity index (χ2v) is 13.1. The smallest absolute Gasteiger partial charge is 0.317 e. The lowest BCUT2D eigenvalue weighted by atomic mass is 9.57. The largest absolute Gasteiger partial charge is 0.394 e. The van der Waals surface area contributed by atoms with Crippen LogP contribution in [0.2, 0.25) is 0 Å². The Balaban J connectivity index is 1.25. The van der Waals surface area contributed by atoms with Crippen molar-refractivity contribution in [2.24, 2.45) is 23.2 Å². The van der Waals surface area contributed by atoms with Crippen LogP contribution < -0.4 is 5.32 Å². The van der Waals surface area contributed by atoms with Gasteiger partial charge in [-0.25, -0.2) is 9.18 Å². The van der Waals surface area contributed by atoms with E-state index in [4.69, 9.17) is 4.74 Å². The number of carbonyl (C=O) groups is 2. The standard InChI is InChI=1S/C28H45FN4O4/c1-31-22-12-20(37-2)9-10-21(22)24-25(31)23(13-34)33(26(35)17-5-3-6-17)16-28(24)14-32(15-28)27(36)30-19-8-4-7-18(29)11-19/h17-25,34H,3-16H2,1-2H3,(H,30,36)/t18?,19?,20?,21?,22?,23-,24?,25?/m1/s1. The first kappa shape index (κ1) is 25.8. The predicted octanol–water partition coefficient (Wildman–Crippen LogP) is 2.40. The van der Waals surface area contributed by atoms with Gasteiger partial charge in [-0.2, -0.15) is 0 Å². The van der Waals surface area contributed by atoms with E-state index in [2.05, 4.69) is 17.3 Å². The quantitative estimate of drug-likeness (QED) is 0.595. The molecule has 0 aromatic rings. The van der Waals surface area contributed by atoms with Gasteiger partial charge in [-0.15, -0.1) is 0 Å². The monoisotopic (exact) mass is 520 g/mol. The van der Waals surface area contributed by atoms with Crippen molar-refractivity contribution >= 4 is 11.9 Å². The molecule has 7 unspecified atom stereocenters. The van der Waals surface area contributed by atoms with Crippen molar-refractivity contribution in [3.8, 4) is 0 Å². The number of nitrogens with zero attached hydrogens (tertiary/aromatic N) is 3. The summed E-state index contributed by atoms with van der Waals surface area (Å²) in [6.07, 6.45) is 8.17. The van der Waals surface area contributed by atoms with Crippen LogP contribution >= 0.6 is 0 Å². The molecule has 8 nitrogen and oxygen atoms in total. The fourth-order valence-electron chi connectivity index (χ4n) is 9.07. The molecule has 1 spiro atoms. The zero-order valence-electron chi connectivity index (χ0n) is 22.5. The minimum absolute atomic E-state index is 0.0243. The summed E-state index contributed by atoms with van der Waals surface area (Å²) >= 11 is 0. The number of rotatable bonds is 4. The number of piperidine rings is 1. The molecule has 8 atom stereocenters. The van der Waals surface area contributed by atoms with Gasteiger partial charge in [0.05, 0.1) is 18.8 Å². The molecule has 3 aliphatic heterocycles. The molecule has 3 amide bonds. The summed E-state index contributed by atoms with van der Waals surface area (Å²) in [6, 6.07) is 0.0724. The lowest BCUT2D eigenvalue weighted by Gasteiger charge is -2.63. The van der Waals surface area contributed by atoms with Gasteiger partial charge in [0.25, 0.3) is 0 Å². The van der Waals surface area contributed by atoms with Crippen LogP contribution in [0.25, 0.3) is 0 Å². The minimum atomic E-state index is -0.824. The van der Waals surface area contributed by atoms with Gasteiger partial charge in [0.1, 0.15) is 6.17 Å². The van der Waals surface area contributed by atoms with Crippen molar-refractivity contribution in [2.75, 3.05) is 40.4 Å². The summed E-state index contributed by atoms with van der Waals surface area (Å²) < 4.78 is 19.7. The number of urea groups is 1. The van der Waals surface area contributed by atoms with Gasteiger partial charge in [-0.3, -0.25) is 9.69 Å². The summed E-state index contributed by atoms with van der Waals surface area (Å²) in [5.74, 6) is 1.08. The van der Waals surface area contributed by atoms with Crippen molar-refractivity contribution < 1.29 is 23.8 Å². The molecule has 3 saturated carbocycles. The fourth-order valence-corrected chi connectivity index (χ4v) is 9.07. The van der Waals surface area contributed by atoms with Gasteiger partial charge in [0.15, 0.2) is 0 Å². The first-order chi connectivity index (χ1) is 17.8. The van der Waals surface area contributed by atoms with E-state index in [-0.39, 0.29) is 54.1 Å². The number of amides is 3. The van der Waals surface area contributed by atoms with Crippen molar-refractivity contribution in [3.63, 3.8) is 0 Å². The topological polar surface area (TPSA) is 85.4 Å². The van der Waals surface area contributed by atoms with Crippen molar-refractivity contribution in [1.82, 2.24) is 20.0 Å². The molecule has 3 saturated heterocycles. The van der Waals surface area contributed by atoms with Crippen LogP contribution in [0.1, 0.15) is 64.2 Å². The number of likely N-dealkylation sites (N-methyl/N-ethyl adjacent to an activating group) is 1. The second kappa shape index (κ2) is 9.94. The van der Waals surface area contributed by atoms with Crippen LogP contribution in [0.15, 0.2) is 0 Å². The normalized spacial score (nSPS) is 41.5. The number of nitrogens with one attached hydrogen (secondary N) is 1. The molecule has 0 bridgehead atoms. The molecule has 2 N–H and O–H groups in total. The summed E-state index contributed by atoms with van der Waals surface area (Å²) in [5.41, 5.74) is -0.157. The van der Waals surface area contributed by atoms with Crippen LogP contribution in [-0.2, 0) is 9.53 Å². The van der Waals surface area contributed by atoms with Gasteiger partial charge in [0.2, 0.25) is 5.91 Å². The maximum absolute atomic E-state index is 13.9. The number of alkyl halides is 1. The van der Waals surface area contributed by atoms with E-state index in [0.717, 1.165) is 51.4 Å². The third kappa shape index (κ3) is 4.27. The highest BCUT2D eigenvalue weighted by Gasteiger charge is 2.67. The molecule has 0 radical (unpaired) electrons. The second-order valence-electron chi connectivity index (χ2n) is 13.1. The summed E-state index contributed by atoms with van der Waals surface area (Å²) in [5, 5.41) is 13.7. The number of ether oxygens (including phenoxy) is 1. The number of aliphatic hydroxyl groups is 1. The molecule has 208 valence electrons. The van der Waals surface area contributed by atoms with Crippen LogP contribution in [0.4, 0.5) is 9.18 Å². The molecule has 3 aliphatic carbocycles. The van der Waals surface area contributed by atoms with Crippen LogP contribution in [0.5, 0.6) is 0 Å². The SMILES string of the molecule is COC1CCC2C(C1)N(C)C1C2C2(CN(C(=O)NC3CCCC(F)C3)C2)CN(C(=O)C2CCC2)[C@@H]1CO. The molecular weight excluding hydrogens is 475 g/mol. The lowest BCUT2D eigenvalue weighted by molar-refractivity contribution is -0.166. The summed E-state index contributed by atoms with van der Waals surface area (Å²) in [4.78, 5) is 33.2. The van der Waals surface area contributed by atoms with E-state index in [1.807, 2.05) is 9.80 Å². The molecule has 0 aromatic carbocycles. The molecule has 37 heavy (non-hydrogen) atoms. The predicted molar refractivity (Wildman–Crippen MR) is 137 cm³/mol. The van der Waals surface area contributed by atoms with Gasteiger partial charge >= 0.3 is 6.03 Å². The van der Waals surface area contributed by atoms with Crippen LogP contribution in [-0.4, -0.2) is 109 Å². The van der Waals surface area contributed by atoms with E-state index in [1.54, 1.807) is 7.11 Å². The molecule has 6 fully saturated rings. The first-order valence-corrected chi connectivity index (χ1v) is 14.7. The first-order valence-electron chi connectivity index (χ1n) is 14.7. The lowest BCUT2D eigenvalue weighted by Crippen LogP contribution is -2.76. The van der Waals surface area contributed by atoms with Crippen molar-refractivity contribution in [3.05, 3.63) is 0 Å². The molecular formula is C28H45FN4O4. The molecule has 6 aliphatic rings. The highest BCUT2D eigenvalue weighted by Crippen LogP contribution is 2.58. The number of likely N-dealkylation sites (tertiary alicyclic amines) is 3. The Morgan fingerprint density at radius 3 is 2.46 bits per heavy atom. The van der Waals surface area contributed by atoms with E-state index < -0.39 is 6.17 Å². The summed E-state index contributed by atoms with van der Waals surface area (Å²) in [7, 11) is 3.97. The third-order valence-corrected chi connectivity index (χ3v) is 11.1. The number of fused-ring (bicyclic) bond motifs is 4. The molecule has 6 rings (SSSR count).